The van der Waals surface area contributed by atoms with Crippen LogP contribution in [0.3, 0.4) is 0 Å². The Morgan fingerprint density at radius 1 is 1.50 bits per heavy atom. The Kier molecular flexibility index (Phi) is 4.65. The van der Waals surface area contributed by atoms with Crippen LogP contribution in [0.4, 0.5) is 0 Å². The smallest absolute Gasteiger partial charge is 0.264 e. The van der Waals surface area contributed by atoms with E-state index in [4.69, 9.17) is 18.8 Å². The lowest BCUT2D eigenvalue weighted by Crippen LogP contribution is -2.52. The van der Waals surface area contributed by atoms with Crippen LogP contribution in [-0.2, 0) is 23.8 Å². The summed E-state index contributed by atoms with van der Waals surface area (Å²) in [6.07, 6.45) is -2.62. The maximum atomic E-state index is 11.0. The minimum Gasteiger partial charge on any atom is -0.394 e. The zero-order chi connectivity index (χ0) is 12.3. The van der Waals surface area contributed by atoms with E-state index in [0.717, 1.165) is 6.26 Å². The summed E-state index contributed by atoms with van der Waals surface area (Å²) in [5.74, 6) is 0. The van der Waals surface area contributed by atoms with Crippen molar-refractivity contribution in [2.75, 3.05) is 20.0 Å². The molecule has 1 heterocycles. The van der Waals surface area contributed by atoms with Crippen molar-refractivity contribution in [2.24, 2.45) is 0 Å². The van der Waals surface area contributed by atoms with Crippen LogP contribution in [-0.4, -0.2) is 63.2 Å². The van der Waals surface area contributed by atoms with Crippen LogP contribution >= 0.6 is 0 Å². The average Bonchev–Trinajstić information content (AvgIpc) is 2.18. The second kappa shape index (κ2) is 5.39. The Morgan fingerprint density at radius 3 is 2.56 bits per heavy atom. The highest BCUT2D eigenvalue weighted by atomic mass is 32.2. The standard InChI is InChI=1S/C8H16O7S/c1-13-5-3-7(10)14-6(4-9)8(5)15-16(2,11)12/h5-10H,3-4H2,1-2H3/t5-,6-,7+,8+/m1/s1. The van der Waals surface area contributed by atoms with Crippen LogP contribution in [0.5, 0.6) is 0 Å². The van der Waals surface area contributed by atoms with E-state index in [0.29, 0.717) is 0 Å². The first-order chi connectivity index (χ1) is 7.37. The normalized spacial score (nSPS) is 36.2. The molecule has 0 aliphatic carbocycles. The van der Waals surface area contributed by atoms with Gasteiger partial charge >= 0.3 is 0 Å². The molecule has 0 unspecified atom stereocenters. The zero-order valence-corrected chi connectivity index (χ0v) is 9.88. The van der Waals surface area contributed by atoms with E-state index in [-0.39, 0.29) is 6.42 Å². The molecule has 1 rings (SSSR count). The van der Waals surface area contributed by atoms with Gasteiger partial charge < -0.3 is 19.7 Å². The summed E-state index contributed by atoms with van der Waals surface area (Å²) in [4.78, 5) is 0. The van der Waals surface area contributed by atoms with Crippen LogP contribution in [0.15, 0.2) is 0 Å². The van der Waals surface area contributed by atoms with Crippen molar-refractivity contribution in [2.45, 2.75) is 31.0 Å². The van der Waals surface area contributed by atoms with Gasteiger partial charge in [-0.25, -0.2) is 0 Å². The Hall–Kier alpha value is -0.250. The Labute approximate surface area is 94.1 Å². The lowest BCUT2D eigenvalue weighted by Gasteiger charge is -2.37. The first-order valence-corrected chi connectivity index (χ1v) is 6.54. The van der Waals surface area contributed by atoms with E-state index in [1.807, 2.05) is 0 Å². The van der Waals surface area contributed by atoms with E-state index in [1.165, 1.54) is 7.11 Å². The van der Waals surface area contributed by atoms with Crippen LogP contribution in [0.1, 0.15) is 6.42 Å². The molecule has 1 aliphatic heterocycles. The van der Waals surface area contributed by atoms with Gasteiger partial charge in [0.2, 0.25) is 0 Å². The largest absolute Gasteiger partial charge is 0.394 e. The van der Waals surface area contributed by atoms with Gasteiger partial charge in [0.25, 0.3) is 10.1 Å². The molecule has 0 spiro atoms. The quantitative estimate of drug-likeness (QED) is 0.587. The van der Waals surface area contributed by atoms with Gasteiger partial charge in [0.05, 0.1) is 19.0 Å². The summed E-state index contributed by atoms with van der Waals surface area (Å²) in [5, 5.41) is 18.3. The second-order valence-corrected chi connectivity index (χ2v) is 5.19. The Morgan fingerprint density at radius 2 is 2.12 bits per heavy atom. The van der Waals surface area contributed by atoms with Crippen molar-refractivity contribution in [1.29, 1.82) is 0 Å². The highest BCUT2D eigenvalue weighted by Gasteiger charge is 2.41. The van der Waals surface area contributed by atoms with Gasteiger partial charge in [-0.1, -0.05) is 0 Å². The SMILES string of the molecule is CO[C@@H]1C[C@@H](O)O[C@H](CO)[C@H]1OS(C)(=O)=O. The molecular weight excluding hydrogens is 240 g/mol. The summed E-state index contributed by atoms with van der Waals surface area (Å²) < 4.78 is 36.8. The molecule has 0 amide bonds. The van der Waals surface area contributed by atoms with Crippen LogP contribution in [0.25, 0.3) is 0 Å². The molecule has 2 N–H and O–H groups in total. The number of aliphatic hydroxyl groups excluding tert-OH is 2. The number of aliphatic hydroxyl groups is 2. The highest BCUT2D eigenvalue weighted by Crippen LogP contribution is 2.24. The van der Waals surface area contributed by atoms with Gasteiger partial charge in [-0.2, -0.15) is 8.42 Å². The van der Waals surface area contributed by atoms with Gasteiger partial charge in [0.1, 0.15) is 12.2 Å². The van der Waals surface area contributed by atoms with E-state index in [2.05, 4.69) is 0 Å². The highest BCUT2D eigenvalue weighted by molar-refractivity contribution is 7.86. The Bertz CT molecular complexity index is 300. The minimum atomic E-state index is -3.68. The number of hydrogen-bond donors (Lipinski definition) is 2. The molecule has 16 heavy (non-hydrogen) atoms. The summed E-state index contributed by atoms with van der Waals surface area (Å²) in [6.45, 7) is -0.461. The Balaban J connectivity index is 2.81. The van der Waals surface area contributed by atoms with E-state index < -0.39 is 41.3 Å². The molecule has 4 atom stereocenters. The molecule has 0 saturated carbocycles. The third-order valence-electron chi connectivity index (χ3n) is 2.27. The molecule has 0 aromatic heterocycles. The topological polar surface area (TPSA) is 102 Å². The monoisotopic (exact) mass is 256 g/mol. The number of rotatable bonds is 4. The third-order valence-corrected chi connectivity index (χ3v) is 2.84. The fourth-order valence-electron chi connectivity index (χ4n) is 1.61. The van der Waals surface area contributed by atoms with Gasteiger partial charge in [0, 0.05) is 13.5 Å². The van der Waals surface area contributed by atoms with Crippen LogP contribution < -0.4 is 0 Å². The van der Waals surface area contributed by atoms with Crippen molar-refractivity contribution in [3.8, 4) is 0 Å². The summed E-state index contributed by atoms with van der Waals surface area (Å²) >= 11 is 0. The molecule has 0 aromatic rings. The molecule has 0 aromatic carbocycles. The van der Waals surface area contributed by atoms with Gasteiger partial charge in [-0.05, 0) is 0 Å². The minimum absolute atomic E-state index is 0.0905. The lowest BCUT2D eigenvalue weighted by molar-refractivity contribution is -0.237. The maximum absolute atomic E-state index is 11.0. The molecule has 1 fully saturated rings. The maximum Gasteiger partial charge on any atom is 0.264 e. The molecular formula is C8H16O7S. The molecule has 96 valence electrons. The summed E-state index contributed by atoms with van der Waals surface area (Å²) in [7, 11) is -2.31. The molecule has 0 radical (unpaired) electrons. The van der Waals surface area contributed by atoms with Crippen LogP contribution in [0.2, 0.25) is 0 Å². The second-order valence-electron chi connectivity index (χ2n) is 3.59. The predicted molar refractivity (Wildman–Crippen MR) is 53.1 cm³/mol. The fourth-order valence-corrected chi connectivity index (χ4v) is 2.26. The summed E-state index contributed by atoms with van der Waals surface area (Å²) in [5.41, 5.74) is 0. The predicted octanol–water partition coefficient (Wildman–Crippen LogP) is -1.55. The number of methoxy groups -OCH3 is 1. The van der Waals surface area contributed by atoms with E-state index in [9.17, 15) is 13.5 Å². The first kappa shape index (κ1) is 13.8. The lowest BCUT2D eigenvalue weighted by atomic mass is 10.0. The summed E-state index contributed by atoms with van der Waals surface area (Å²) in [6, 6.07) is 0. The van der Waals surface area contributed by atoms with E-state index in [1.54, 1.807) is 0 Å². The van der Waals surface area contributed by atoms with Crippen molar-refractivity contribution < 1.29 is 32.3 Å². The van der Waals surface area contributed by atoms with Crippen molar-refractivity contribution >= 4 is 10.1 Å². The molecule has 0 bridgehead atoms. The molecule has 8 heteroatoms. The third kappa shape index (κ3) is 3.65. The van der Waals surface area contributed by atoms with Crippen molar-refractivity contribution in [3.05, 3.63) is 0 Å². The number of hydrogen-bond acceptors (Lipinski definition) is 7. The fraction of sp³-hybridized carbons (Fsp3) is 1.00. The van der Waals surface area contributed by atoms with E-state index >= 15 is 0 Å². The molecule has 7 nitrogen and oxygen atoms in total. The van der Waals surface area contributed by atoms with Crippen molar-refractivity contribution in [3.63, 3.8) is 0 Å². The molecule has 1 saturated heterocycles. The molecule has 1 aliphatic rings. The van der Waals surface area contributed by atoms with Gasteiger partial charge in [0.15, 0.2) is 6.29 Å². The van der Waals surface area contributed by atoms with Crippen molar-refractivity contribution in [1.82, 2.24) is 0 Å². The zero-order valence-electron chi connectivity index (χ0n) is 9.07. The van der Waals surface area contributed by atoms with Crippen LogP contribution in [0, 0.1) is 0 Å². The average molecular weight is 256 g/mol. The number of ether oxygens (including phenoxy) is 2. The first-order valence-electron chi connectivity index (χ1n) is 4.73. The van der Waals surface area contributed by atoms with Gasteiger partial charge in [-0.3, -0.25) is 4.18 Å². The van der Waals surface area contributed by atoms with Gasteiger partial charge in [-0.15, -0.1) is 0 Å².